The molecule has 1 nitrogen and oxygen atoms in total. The zero-order valence-electron chi connectivity index (χ0n) is 10.6. The monoisotopic (exact) mass is 280 g/mol. The fourth-order valence-electron chi connectivity index (χ4n) is 1.44. The highest BCUT2D eigenvalue weighted by Crippen LogP contribution is 2.46. The van der Waals surface area contributed by atoms with Gasteiger partial charge in [-0.3, -0.25) is 0 Å². The van der Waals surface area contributed by atoms with Crippen molar-refractivity contribution >= 4 is 0 Å². The van der Waals surface area contributed by atoms with E-state index in [1.54, 1.807) is 0 Å². The van der Waals surface area contributed by atoms with E-state index < -0.39 is 24.1 Å². The lowest BCUT2D eigenvalue weighted by Gasteiger charge is -2.36. The highest BCUT2D eigenvalue weighted by Gasteiger charge is 2.69. The van der Waals surface area contributed by atoms with Crippen molar-refractivity contribution in [3.8, 4) is 0 Å². The molecule has 0 bridgehead atoms. The molecule has 0 aromatic carbocycles. The fraction of sp³-hybridized carbons (Fsp3) is 1.00. The molecule has 0 rings (SSSR count). The van der Waals surface area contributed by atoms with Gasteiger partial charge in [0.2, 0.25) is 0 Å². The largest absolute Gasteiger partial charge is 0.426 e. The van der Waals surface area contributed by atoms with Crippen molar-refractivity contribution in [2.45, 2.75) is 70.5 Å². The first-order valence-electron chi connectivity index (χ1n) is 5.77. The summed E-state index contributed by atoms with van der Waals surface area (Å²) in [7, 11) is 0. The van der Waals surface area contributed by atoms with E-state index >= 15 is 0 Å². The Morgan fingerprint density at radius 1 is 0.944 bits per heavy atom. The molecule has 0 saturated carbocycles. The first-order chi connectivity index (χ1) is 7.95. The Morgan fingerprint density at radius 3 is 1.72 bits per heavy atom. The van der Waals surface area contributed by atoms with Gasteiger partial charge in [-0.05, 0) is 20.3 Å². The molecule has 1 atom stereocenters. The van der Waals surface area contributed by atoms with E-state index in [2.05, 4.69) is 4.74 Å². The summed E-state index contributed by atoms with van der Waals surface area (Å²) in [5.41, 5.74) is -4.11. The lowest BCUT2D eigenvalue weighted by molar-refractivity contribution is -0.382. The molecule has 0 fully saturated rings. The van der Waals surface area contributed by atoms with Gasteiger partial charge in [0.1, 0.15) is 0 Å². The van der Waals surface area contributed by atoms with Gasteiger partial charge in [-0.1, -0.05) is 26.2 Å². The summed E-state index contributed by atoms with van der Waals surface area (Å²) < 4.78 is 79.3. The average molecular weight is 280 g/mol. The molecule has 0 aliphatic carbocycles. The van der Waals surface area contributed by atoms with Gasteiger partial charge >= 0.3 is 12.4 Å². The molecule has 7 heteroatoms. The third kappa shape index (κ3) is 4.33. The van der Waals surface area contributed by atoms with E-state index in [9.17, 15) is 26.3 Å². The minimum atomic E-state index is -5.48. The van der Waals surface area contributed by atoms with Crippen molar-refractivity contribution in [2.75, 3.05) is 0 Å². The summed E-state index contributed by atoms with van der Waals surface area (Å²) in [6.45, 7) is 3.15. The number of ether oxygens (including phenoxy) is 1. The normalized spacial score (nSPS) is 15.8. The lowest BCUT2D eigenvalue weighted by Crippen LogP contribution is -2.57. The first kappa shape index (κ1) is 17.5. The van der Waals surface area contributed by atoms with Crippen LogP contribution >= 0.6 is 0 Å². The first-order valence-corrected chi connectivity index (χ1v) is 5.77. The van der Waals surface area contributed by atoms with Crippen LogP contribution in [0.2, 0.25) is 0 Å². The predicted octanol–water partition coefficient (Wildman–Crippen LogP) is 4.86. The topological polar surface area (TPSA) is 9.23 Å². The van der Waals surface area contributed by atoms with Gasteiger partial charge in [0, 0.05) is 0 Å². The average Bonchev–Trinajstić information content (AvgIpc) is 2.14. The standard InChI is InChI=1S/C11H18F6O/c1-4-5-6-7-8(2)18-9(3,10(12,13)14)11(15,16)17/h8H,4-7H2,1-3H3. The number of hydrogen-bond acceptors (Lipinski definition) is 1. The minimum absolute atomic E-state index is 0.0311. The van der Waals surface area contributed by atoms with Gasteiger partial charge < -0.3 is 4.74 Å². The van der Waals surface area contributed by atoms with Crippen molar-refractivity contribution in [3.63, 3.8) is 0 Å². The van der Waals surface area contributed by atoms with Gasteiger partial charge in [0.25, 0.3) is 5.60 Å². The van der Waals surface area contributed by atoms with Gasteiger partial charge in [0.15, 0.2) is 0 Å². The molecular weight excluding hydrogens is 262 g/mol. The van der Waals surface area contributed by atoms with Crippen molar-refractivity contribution in [2.24, 2.45) is 0 Å². The minimum Gasteiger partial charge on any atom is -0.355 e. The summed E-state index contributed by atoms with van der Waals surface area (Å²) >= 11 is 0. The highest BCUT2D eigenvalue weighted by molar-refractivity contribution is 4.92. The zero-order chi connectivity index (χ0) is 14.6. The second kappa shape index (κ2) is 6.12. The summed E-state index contributed by atoms with van der Waals surface area (Å²) in [6, 6.07) is 0. The highest BCUT2D eigenvalue weighted by atomic mass is 19.4. The maximum Gasteiger partial charge on any atom is 0.426 e. The molecule has 0 amide bonds. The van der Waals surface area contributed by atoms with E-state index in [0.717, 1.165) is 12.8 Å². The summed E-state index contributed by atoms with van der Waals surface area (Å²) in [5, 5.41) is 0. The Bertz CT molecular complexity index is 231. The molecule has 0 N–H and O–H groups in total. The van der Waals surface area contributed by atoms with Crippen LogP contribution in [0.15, 0.2) is 0 Å². The van der Waals surface area contributed by atoms with E-state index in [0.29, 0.717) is 6.42 Å². The Hall–Kier alpha value is -0.460. The molecule has 0 spiro atoms. The number of unbranched alkanes of at least 4 members (excludes halogenated alkanes) is 2. The smallest absolute Gasteiger partial charge is 0.355 e. The molecule has 0 radical (unpaired) electrons. The zero-order valence-corrected chi connectivity index (χ0v) is 10.6. The molecule has 0 heterocycles. The molecule has 18 heavy (non-hydrogen) atoms. The van der Waals surface area contributed by atoms with Gasteiger partial charge in [-0.25, -0.2) is 0 Å². The van der Waals surface area contributed by atoms with Crippen molar-refractivity contribution in [3.05, 3.63) is 0 Å². The van der Waals surface area contributed by atoms with Crippen LogP contribution in [0, 0.1) is 0 Å². The molecule has 0 aromatic heterocycles. The second-order valence-corrected chi connectivity index (χ2v) is 4.45. The summed E-state index contributed by atoms with van der Waals surface area (Å²) in [5.74, 6) is 0. The Balaban J connectivity index is 4.73. The molecule has 1 unspecified atom stereocenters. The molecule has 0 saturated heterocycles. The predicted molar refractivity (Wildman–Crippen MR) is 55.2 cm³/mol. The number of halogens is 6. The van der Waals surface area contributed by atoms with E-state index in [1.165, 1.54) is 6.92 Å². The maximum atomic E-state index is 12.5. The van der Waals surface area contributed by atoms with Gasteiger partial charge in [0.05, 0.1) is 6.10 Å². The van der Waals surface area contributed by atoms with Crippen LogP contribution in [-0.2, 0) is 4.74 Å². The summed E-state index contributed by atoms with van der Waals surface area (Å²) in [6.07, 6.45) is -9.75. The van der Waals surface area contributed by atoms with Crippen molar-refractivity contribution in [1.29, 1.82) is 0 Å². The van der Waals surface area contributed by atoms with Gasteiger partial charge in [-0.15, -0.1) is 0 Å². The fourth-order valence-corrected chi connectivity index (χ4v) is 1.44. The molecule has 0 aromatic rings. The molecule has 110 valence electrons. The number of alkyl halides is 6. The molecular formula is C11H18F6O. The van der Waals surface area contributed by atoms with Crippen LogP contribution in [-0.4, -0.2) is 24.1 Å². The SMILES string of the molecule is CCCCCC(C)OC(C)(C(F)(F)F)C(F)(F)F. The second-order valence-electron chi connectivity index (χ2n) is 4.45. The third-order valence-corrected chi connectivity index (χ3v) is 2.73. The van der Waals surface area contributed by atoms with Crippen LogP contribution in [0.25, 0.3) is 0 Å². The van der Waals surface area contributed by atoms with Crippen LogP contribution in [0.1, 0.15) is 46.5 Å². The van der Waals surface area contributed by atoms with Crippen molar-refractivity contribution < 1.29 is 31.1 Å². The van der Waals surface area contributed by atoms with E-state index in [1.807, 2.05) is 6.92 Å². The Labute approximate surface area is 102 Å². The van der Waals surface area contributed by atoms with Crippen molar-refractivity contribution in [1.82, 2.24) is 0 Å². The Morgan fingerprint density at radius 2 is 1.39 bits per heavy atom. The van der Waals surface area contributed by atoms with E-state index in [-0.39, 0.29) is 13.3 Å². The van der Waals surface area contributed by atoms with Crippen LogP contribution in [0.4, 0.5) is 26.3 Å². The lowest BCUT2D eigenvalue weighted by atomic mass is 10.0. The van der Waals surface area contributed by atoms with E-state index in [4.69, 9.17) is 0 Å². The summed E-state index contributed by atoms with van der Waals surface area (Å²) in [4.78, 5) is 0. The van der Waals surface area contributed by atoms with Gasteiger partial charge in [-0.2, -0.15) is 26.3 Å². The quantitative estimate of drug-likeness (QED) is 0.499. The third-order valence-electron chi connectivity index (χ3n) is 2.73. The number of rotatable bonds is 6. The molecule has 0 aliphatic heterocycles. The van der Waals surface area contributed by atoms with Crippen LogP contribution in [0.5, 0.6) is 0 Å². The molecule has 0 aliphatic rings. The van der Waals surface area contributed by atoms with Crippen LogP contribution in [0.3, 0.4) is 0 Å². The Kier molecular flexibility index (Phi) is 5.97. The maximum absolute atomic E-state index is 12.5. The number of hydrogen-bond donors (Lipinski definition) is 0. The van der Waals surface area contributed by atoms with Crippen LogP contribution < -0.4 is 0 Å².